The number of aryl methyl sites for hydroxylation is 1. The lowest BCUT2D eigenvalue weighted by Gasteiger charge is -2.15. The molecule has 0 aromatic carbocycles. The van der Waals surface area contributed by atoms with Crippen molar-refractivity contribution in [3.8, 4) is 0 Å². The average molecular weight is 305 g/mol. The number of hydrogen-bond acceptors (Lipinski definition) is 5. The largest absolute Gasteiger partial charge is 0.295 e. The van der Waals surface area contributed by atoms with Gasteiger partial charge in [-0.15, -0.1) is 22.7 Å². The Morgan fingerprint density at radius 2 is 2.15 bits per heavy atom. The topological polar surface area (TPSA) is 37.6 Å². The lowest BCUT2D eigenvalue weighted by molar-refractivity contribution is 0.317. The van der Waals surface area contributed by atoms with Gasteiger partial charge in [-0.3, -0.25) is 14.1 Å². The molecule has 0 unspecified atom stereocenters. The molecule has 3 heterocycles. The predicted octanol–water partition coefficient (Wildman–Crippen LogP) is 2.76. The molecule has 3 aromatic rings. The van der Waals surface area contributed by atoms with E-state index in [1.807, 2.05) is 5.38 Å². The molecular weight excluding hydrogens is 290 g/mol. The van der Waals surface area contributed by atoms with Gasteiger partial charge in [0, 0.05) is 35.6 Å². The summed E-state index contributed by atoms with van der Waals surface area (Å²) in [5.74, 6) is 0. The number of aromatic nitrogens is 2. The Labute approximate surface area is 124 Å². The van der Waals surface area contributed by atoms with Gasteiger partial charge in [0.2, 0.25) is 0 Å². The number of hydrogen-bond donors (Lipinski definition) is 0. The first-order chi connectivity index (χ1) is 9.63. The smallest absolute Gasteiger partial charge is 0.258 e. The van der Waals surface area contributed by atoms with Crippen molar-refractivity contribution >= 4 is 27.6 Å². The van der Waals surface area contributed by atoms with Gasteiger partial charge < -0.3 is 0 Å². The maximum Gasteiger partial charge on any atom is 0.258 e. The SMILES string of the molecule is Cc1ccsc1CN(C)Cc1cc(=O)n2ccsc2n1. The first-order valence-electron chi connectivity index (χ1n) is 6.31. The van der Waals surface area contributed by atoms with Crippen LogP contribution in [0.25, 0.3) is 4.96 Å². The molecular formula is C14H15N3OS2. The Morgan fingerprint density at radius 3 is 2.90 bits per heavy atom. The Bertz CT molecular complexity index is 787. The molecule has 0 spiro atoms. The molecule has 0 fully saturated rings. The van der Waals surface area contributed by atoms with Crippen LogP contribution in [0.1, 0.15) is 16.1 Å². The Morgan fingerprint density at radius 1 is 1.30 bits per heavy atom. The van der Waals surface area contributed by atoms with E-state index in [1.165, 1.54) is 21.8 Å². The molecule has 0 saturated heterocycles. The molecule has 0 aliphatic carbocycles. The Hall–Kier alpha value is -1.50. The van der Waals surface area contributed by atoms with E-state index in [9.17, 15) is 4.79 Å². The second-order valence-corrected chi connectivity index (χ2v) is 6.71. The second-order valence-electron chi connectivity index (χ2n) is 4.84. The minimum atomic E-state index is -0.00745. The highest BCUT2D eigenvalue weighted by Gasteiger charge is 2.08. The minimum absolute atomic E-state index is 0.00745. The van der Waals surface area contributed by atoms with E-state index in [1.54, 1.807) is 28.0 Å². The summed E-state index contributed by atoms with van der Waals surface area (Å²) in [5.41, 5.74) is 2.14. The fourth-order valence-electron chi connectivity index (χ4n) is 2.11. The van der Waals surface area contributed by atoms with Crippen LogP contribution in [0.4, 0.5) is 0 Å². The van der Waals surface area contributed by atoms with Crippen LogP contribution in [0.5, 0.6) is 0 Å². The van der Waals surface area contributed by atoms with E-state index in [4.69, 9.17) is 0 Å². The van der Waals surface area contributed by atoms with E-state index in [-0.39, 0.29) is 5.56 Å². The normalized spacial score (nSPS) is 11.6. The Balaban J connectivity index is 1.78. The summed E-state index contributed by atoms with van der Waals surface area (Å²) in [6, 6.07) is 3.76. The van der Waals surface area contributed by atoms with Crippen LogP contribution < -0.4 is 5.56 Å². The number of nitrogens with zero attached hydrogens (tertiary/aromatic N) is 3. The van der Waals surface area contributed by atoms with Crippen molar-refractivity contribution in [2.24, 2.45) is 0 Å². The van der Waals surface area contributed by atoms with Crippen LogP contribution in [-0.4, -0.2) is 21.3 Å². The first-order valence-corrected chi connectivity index (χ1v) is 8.07. The van der Waals surface area contributed by atoms with E-state index >= 15 is 0 Å². The molecule has 0 amide bonds. The maximum atomic E-state index is 11.9. The first kappa shape index (κ1) is 13.5. The minimum Gasteiger partial charge on any atom is -0.295 e. The van der Waals surface area contributed by atoms with Crippen LogP contribution in [0.15, 0.2) is 33.9 Å². The van der Waals surface area contributed by atoms with Crippen molar-refractivity contribution < 1.29 is 0 Å². The van der Waals surface area contributed by atoms with Crippen molar-refractivity contribution in [1.29, 1.82) is 0 Å². The van der Waals surface area contributed by atoms with Crippen molar-refractivity contribution in [3.05, 3.63) is 55.6 Å². The quantitative estimate of drug-likeness (QED) is 0.744. The second kappa shape index (κ2) is 5.47. The zero-order valence-electron chi connectivity index (χ0n) is 11.4. The highest BCUT2D eigenvalue weighted by atomic mass is 32.1. The lowest BCUT2D eigenvalue weighted by atomic mass is 10.3. The maximum absolute atomic E-state index is 11.9. The van der Waals surface area contributed by atoms with Crippen LogP contribution in [0.3, 0.4) is 0 Å². The summed E-state index contributed by atoms with van der Waals surface area (Å²) in [6.45, 7) is 3.69. The fraction of sp³-hybridized carbons (Fsp3) is 0.286. The van der Waals surface area contributed by atoms with Crippen LogP contribution in [-0.2, 0) is 13.1 Å². The van der Waals surface area contributed by atoms with Gasteiger partial charge in [0.15, 0.2) is 4.96 Å². The third-order valence-electron chi connectivity index (χ3n) is 3.17. The zero-order chi connectivity index (χ0) is 14.1. The standard InChI is InChI=1S/C14H15N3OS2/c1-10-3-5-19-12(10)9-16(2)8-11-7-13(18)17-4-6-20-14(17)15-11/h3-7H,8-9H2,1-2H3. The molecule has 0 radical (unpaired) electrons. The highest BCUT2D eigenvalue weighted by molar-refractivity contribution is 7.15. The highest BCUT2D eigenvalue weighted by Crippen LogP contribution is 2.18. The zero-order valence-corrected chi connectivity index (χ0v) is 13.0. The monoisotopic (exact) mass is 305 g/mol. The van der Waals surface area contributed by atoms with E-state index in [2.05, 4.69) is 35.3 Å². The average Bonchev–Trinajstić information content (AvgIpc) is 2.99. The van der Waals surface area contributed by atoms with Gasteiger partial charge in [-0.2, -0.15) is 0 Å². The summed E-state index contributed by atoms with van der Waals surface area (Å²) < 4.78 is 1.58. The number of thiazole rings is 1. The molecule has 104 valence electrons. The van der Waals surface area contributed by atoms with Crippen molar-refractivity contribution in [2.75, 3.05) is 7.05 Å². The van der Waals surface area contributed by atoms with Crippen LogP contribution >= 0.6 is 22.7 Å². The summed E-state index contributed by atoms with van der Waals surface area (Å²) in [6.07, 6.45) is 1.76. The fourth-order valence-corrected chi connectivity index (χ4v) is 3.84. The van der Waals surface area contributed by atoms with Crippen molar-refractivity contribution in [3.63, 3.8) is 0 Å². The summed E-state index contributed by atoms with van der Waals surface area (Å²) in [4.78, 5) is 20.8. The molecule has 0 atom stereocenters. The number of thiophene rings is 1. The van der Waals surface area contributed by atoms with Gasteiger partial charge in [-0.1, -0.05) is 0 Å². The van der Waals surface area contributed by atoms with Gasteiger partial charge in [0.25, 0.3) is 5.56 Å². The molecule has 0 aliphatic rings. The summed E-state index contributed by atoms with van der Waals surface area (Å²) in [7, 11) is 2.05. The molecule has 20 heavy (non-hydrogen) atoms. The van der Waals surface area contributed by atoms with Crippen LogP contribution in [0.2, 0.25) is 0 Å². The van der Waals surface area contributed by atoms with E-state index in [0.29, 0.717) is 6.54 Å². The van der Waals surface area contributed by atoms with Crippen molar-refractivity contribution in [1.82, 2.24) is 14.3 Å². The van der Waals surface area contributed by atoms with Gasteiger partial charge in [-0.05, 0) is 31.0 Å². The molecule has 0 N–H and O–H groups in total. The predicted molar refractivity (Wildman–Crippen MR) is 83.6 cm³/mol. The van der Waals surface area contributed by atoms with Crippen molar-refractivity contribution in [2.45, 2.75) is 20.0 Å². The summed E-state index contributed by atoms with van der Waals surface area (Å²) in [5, 5.41) is 3.99. The molecule has 0 bridgehead atoms. The number of rotatable bonds is 4. The summed E-state index contributed by atoms with van der Waals surface area (Å²) >= 11 is 3.26. The van der Waals surface area contributed by atoms with E-state index < -0.39 is 0 Å². The molecule has 4 nitrogen and oxygen atoms in total. The molecule has 0 saturated carbocycles. The third kappa shape index (κ3) is 2.67. The molecule has 3 aromatic heterocycles. The van der Waals surface area contributed by atoms with Gasteiger partial charge in [0.05, 0.1) is 5.69 Å². The van der Waals surface area contributed by atoms with Crippen LogP contribution in [0, 0.1) is 6.92 Å². The molecule has 3 rings (SSSR count). The molecule has 0 aliphatic heterocycles. The lowest BCUT2D eigenvalue weighted by Crippen LogP contribution is -2.21. The van der Waals surface area contributed by atoms with Gasteiger partial charge in [0.1, 0.15) is 0 Å². The van der Waals surface area contributed by atoms with Gasteiger partial charge in [-0.25, -0.2) is 4.98 Å². The number of fused-ring (bicyclic) bond motifs is 1. The Kier molecular flexibility index (Phi) is 3.69. The van der Waals surface area contributed by atoms with E-state index in [0.717, 1.165) is 17.2 Å². The molecule has 6 heteroatoms. The van der Waals surface area contributed by atoms with Gasteiger partial charge >= 0.3 is 0 Å². The third-order valence-corrected chi connectivity index (χ3v) is 4.93.